The molecule has 0 N–H and O–H groups in total. The first-order chi connectivity index (χ1) is 11.4. The Kier molecular flexibility index (Phi) is 3.73. The van der Waals surface area contributed by atoms with Gasteiger partial charge in [-0.3, -0.25) is 9.98 Å². The van der Waals surface area contributed by atoms with Gasteiger partial charge < -0.3 is 0 Å². The molecule has 4 rings (SSSR count). The van der Waals surface area contributed by atoms with Crippen LogP contribution in [0, 0.1) is 0 Å². The highest BCUT2D eigenvalue weighted by molar-refractivity contribution is 6.16. The summed E-state index contributed by atoms with van der Waals surface area (Å²) in [5.41, 5.74) is 5.77. The first-order valence-corrected chi connectivity index (χ1v) is 8.06. The van der Waals surface area contributed by atoms with E-state index in [4.69, 9.17) is 4.99 Å². The number of pyridine rings is 1. The van der Waals surface area contributed by atoms with Crippen LogP contribution in [0.3, 0.4) is 0 Å². The lowest BCUT2D eigenvalue weighted by atomic mass is 9.94. The zero-order chi connectivity index (χ0) is 15.5. The SMILES string of the molecule is C(=C1/CCCN=C1c1cnc2ccccc2c1)/c1ccccc1. The topological polar surface area (TPSA) is 25.2 Å². The highest BCUT2D eigenvalue weighted by atomic mass is 14.8. The van der Waals surface area contributed by atoms with Gasteiger partial charge in [0, 0.05) is 23.7 Å². The first kappa shape index (κ1) is 13.9. The van der Waals surface area contributed by atoms with Crippen molar-refractivity contribution in [3.05, 3.63) is 83.6 Å². The van der Waals surface area contributed by atoms with E-state index in [2.05, 4.69) is 53.5 Å². The number of hydrogen-bond donors (Lipinski definition) is 0. The third-order valence-electron chi connectivity index (χ3n) is 4.18. The van der Waals surface area contributed by atoms with Gasteiger partial charge in [0.15, 0.2) is 0 Å². The fraction of sp³-hybridized carbons (Fsp3) is 0.143. The van der Waals surface area contributed by atoms with Crippen LogP contribution in [-0.2, 0) is 0 Å². The molecule has 0 atom stereocenters. The van der Waals surface area contributed by atoms with Crippen molar-refractivity contribution in [1.82, 2.24) is 4.98 Å². The molecule has 0 amide bonds. The molecule has 0 radical (unpaired) electrons. The minimum atomic E-state index is 0.897. The summed E-state index contributed by atoms with van der Waals surface area (Å²) in [4.78, 5) is 9.38. The highest BCUT2D eigenvalue weighted by Crippen LogP contribution is 2.23. The molecule has 2 nitrogen and oxygen atoms in total. The number of nitrogens with zero attached hydrogens (tertiary/aromatic N) is 2. The van der Waals surface area contributed by atoms with E-state index in [9.17, 15) is 0 Å². The van der Waals surface area contributed by atoms with E-state index < -0.39 is 0 Å². The molecule has 23 heavy (non-hydrogen) atoms. The van der Waals surface area contributed by atoms with Gasteiger partial charge in [0.2, 0.25) is 0 Å². The van der Waals surface area contributed by atoms with Crippen molar-refractivity contribution >= 4 is 22.7 Å². The molecule has 1 aliphatic rings. The van der Waals surface area contributed by atoms with E-state index in [1.807, 2.05) is 24.4 Å². The summed E-state index contributed by atoms with van der Waals surface area (Å²) >= 11 is 0. The first-order valence-electron chi connectivity index (χ1n) is 8.06. The number of fused-ring (bicyclic) bond motifs is 1. The summed E-state index contributed by atoms with van der Waals surface area (Å²) in [5.74, 6) is 0. The lowest BCUT2D eigenvalue weighted by Crippen LogP contribution is -2.12. The lowest BCUT2D eigenvalue weighted by molar-refractivity contribution is 0.818. The second-order valence-electron chi connectivity index (χ2n) is 5.83. The van der Waals surface area contributed by atoms with E-state index in [0.29, 0.717) is 0 Å². The molecule has 112 valence electrons. The van der Waals surface area contributed by atoms with Gasteiger partial charge in [-0.15, -0.1) is 0 Å². The van der Waals surface area contributed by atoms with Crippen LogP contribution >= 0.6 is 0 Å². The molecule has 1 aliphatic heterocycles. The van der Waals surface area contributed by atoms with Crippen molar-refractivity contribution in [2.45, 2.75) is 12.8 Å². The van der Waals surface area contributed by atoms with Crippen LogP contribution in [0.25, 0.3) is 17.0 Å². The third kappa shape index (κ3) is 2.93. The Morgan fingerprint density at radius 1 is 0.913 bits per heavy atom. The second-order valence-corrected chi connectivity index (χ2v) is 5.83. The highest BCUT2D eigenvalue weighted by Gasteiger charge is 2.15. The average Bonchev–Trinajstić information content (AvgIpc) is 2.63. The number of para-hydroxylation sites is 1. The van der Waals surface area contributed by atoms with Crippen molar-refractivity contribution in [3.63, 3.8) is 0 Å². The van der Waals surface area contributed by atoms with Crippen molar-refractivity contribution in [2.24, 2.45) is 4.99 Å². The van der Waals surface area contributed by atoms with E-state index in [-0.39, 0.29) is 0 Å². The molecular formula is C21H18N2. The molecular weight excluding hydrogens is 280 g/mol. The zero-order valence-corrected chi connectivity index (χ0v) is 12.9. The van der Waals surface area contributed by atoms with E-state index >= 15 is 0 Å². The van der Waals surface area contributed by atoms with Gasteiger partial charge in [-0.05, 0) is 42.2 Å². The van der Waals surface area contributed by atoms with Crippen molar-refractivity contribution in [2.75, 3.05) is 6.54 Å². The molecule has 2 heteroatoms. The van der Waals surface area contributed by atoms with Crippen LogP contribution in [-0.4, -0.2) is 17.2 Å². The molecule has 2 heterocycles. The Labute approximate surface area is 136 Å². The average molecular weight is 298 g/mol. The van der Waals surface area contributed by atoms with Crippen LogP contribution in [0.15, 0.2) is 77.4 Å². The Bertz CT molecular complexity index is 892. The summed E-state index contributed by atoms with van der Waals surface area (Å²) in [6, 6.07) is 20.9. The number of aromatic nitrogens is 1. The molecule has 1 aromatic heterocycles. The third-order valence-corrected chi connectivity index (χ3v) is 4.18. The monoisotopic (exact) mass is 298 g/mol. The molecule has 3 aromatic rings. The van der Waals surface area contributed by atoms with Crippen molar-refractivity contribution in [1.29, 1.82) is 0 Å². The smallest absolute Gasteiger partial charge is 0.0702 e. The van der Waals surface area contributed by atoms with Crippen LogP contribution in [0.4, 0.5) is 0 Å². The Morgan fingerprint density at radius 3 is 2.65 bits per heavy atom. The molecule has 0 bridgehead atoms. The standard InChI is InChI=1S/C21H18N2/c1-2-7-16(8-3-1)13-18-10-6-12-22-21(18)19-14-17-9-4-5-11-20(17)23-15-19/h1-5,7-9,11,13-15H,6,10,12H2/b18-13+. The van der Waals surface area contributed by atoms with E-state index in [1.54, 1.807) is 0 Å². The van der Waals surface area contributed by atoms with Crippen LogP contribution in [0.5, 0.6) is 0 Å². The summed E-state index contributed by atoms with van der Waals surface area (Å²) in [6.45, 7) is 0.897. The van der Waals surface area contributed by atoms with Gasteiger partial charge >= 0.3 is 0 Å². The molecule has 0 aliphatic carbocycles. The van der Waals surface area contributed by atoms with Crippen LogP contribution < -0.4 is 0 Å². The number of rotatable bonds is 2. The molecule has 0 spiro atoms. The number of benzene rings is 2. The van der Waals surface area contributed by atoms with E-state index in [0.717, 1.165) is 41.6 Å². The van der Waals surface area contributed by atoms with Crippen molar-refractivity contribution in [3.8, 4) is 0 Å². The van der Waals surface area contributed by atoms with E-state index in [1.165, 1.54) is 11.1 Å². The lowest BCUT2D eigenvalue weighted by Gasteiger charge is -2.17. The van der Waals surface area contributed by atoms with Gasteiger partial charge in [-0.1, -0.05) is 48.5 Å². The maximum Gasteiger partial charge on any atom is 0.0702 e. The molecule has 0 saturated heterocycles. The van der Waals surface area contributed by atoms with Gasteiger partial charge in [0.25, 0.3) is 0 Å². The fourth-order valence-electron chi connectivity index (χ4n) is 3.05. The maximum absolute atomic E-state index is 4.79. The summed E-state index contributed by atoms with van der Waals surface area (Å²) in [6.07, 6.45) is 6.39. The second kappa shape index (κ2) is 6.17. The number of aliphatic imine (C=N–C) groups is 1. The van der Waals surface area contributed by atoms with Gasteiger partial charge in [-0.2, -0.15) is 0 Å². The normalized spacial score (nSPS) is 16.5. The van der Waals surface area contributed by atoms with Gasteiger partial charge in [0.05, 0.1) is 11.2 Å². The minimum Gasteiger partial charge on any atom is -0.284 e. The summed E-state index contributed by atoms with van der Waals surface area (Å²) in [5, 5.41) is 1.16. The fourth-order valence-corrected chi connectivity index (χ4v) is 3.05. The number of hydrogen-bond acceptors (Lipinski definition) is 2. The van der Waals surface area contributed by atoms with Crippen LogP contribution in [0.1, 0.15) is 24.0 Å². The molecule has 0 saturated carbocycles. The number of allylic oxidation sites excluding steroid dienone is 1. The predicted octanol–water partition coefficient (Wildman–Crippen LogP) is 4.90. The molecule has 2 aromatic carbocycles. The van der Waals surface area contributed by atoms with Gasteiger partial charge in [0.1, 0.15) is 0 Å². The Balaban J connectivity index is 1.77. The zero-order valence-electron chi connectivity index (χ0n) is 12.9. The molecule has 0 fully saturated rings. The largest absolute Gasteiger partial charge is 0.284 e. The van der Waals surface area contributed by atoms with Crippen LogP contribution in [0.2, 0.25) is 0 Å². The summed E-state index contributed by atoms with van der Waals surface area (Å²) < 4.78 is 0. The molecule has 0 unspecified atom stereocenters. The minimum absolute atomic E-state index is 0.897. The Hall–Kier alpha value is -2.74. The van der Waals surface area contributed by atoms with Crippen molar-refractivity contribution < 1.29 is 0 Å². The summed E-state index contributed by atoms with van der Waals surface area (Å²) in [7, 11) is 0. The quantitative estimate of drug-likeness (QED) is 0.660. The maximum atomic E-state index is 4.79. The predicted molar refractivity (Wildman–Crippen MR) is 96.8 cm³/mol. The Morgan fingerprint density at radius 2 is 1.74 bits per heavy atom. The van der Waals surface area contributed by atoms with Gasteiger partial charge in [-0.25, -0.2) is 0 Å².